The highest BCUT2D eigenvalue weighted by Crippen LogP contribution is 2.25. The molecule has 144 valence electrons. The summed E-state index contributed by atoms with van der Waals surface area (Å²) < 4.78 is 5.09. The van der Waals surface area contributed by atoms with E-state index in [1.54, 1.807) is 19.3 Å². The molecule has 4 heterocycles. The van der Waals surface area contributed by atoms with E-state index in [-0.39, 0.29) is 11.8 Å². The number of anilines is 1. The molecule has 0 N–H and O–H groups in total. The maximum atomic E-state index is 12.8. The number of aryl methyl sites for hydroxylation is 1. The Bertz CT molecular complexity index is 758. The molecule has 27 heavy (non-hydrogen) atoms. The molecule has 4 rings (SSSR count). The first kappa shape index (κ1) is 17.8. The van der Waals surface area contributed by atoms with Crippen molar-refractivity contribution in [3.63, 3.8) is 0 Å². The van der Waals surface area contributed by atoms with E-state index in [0.717, 1.165) is 57.3 Å². The van der Waals surface area contributed by atoms with Crippen molar-refractivity contribution in [2.45, 2.75) is 25.7 Å². The van der Waals surface area contributed by atoms with Crippen LogP contribution < -0.4 is 4.90 Å². The number of nitrogens with zero attached hydrogens (tertiary/aromatic N) is 7. The Balaban J connectivity index is 1.28. The lowest BCUT2D eigenvalue weighted by Crippen LogP contribution is -2.51. The fourth-order valence-corrected chi connectivity index (χ4v) is 3.75. The summed E-state index contributed by atoms with van der Waals surface area (Å²) in [6.45, 7) is 7.09. The summed E-state index contributed by atoms with van der Waals surface area (Å²) in [5.74, 6) is 2.42. The first-order valence-corrected chi connectivity index (χ1v) is 9.51. The molecule has 2 saturated heterocycles. The van der Waals surface area contributed by atoms with Gasteiger partial charge in [-0.1, -0.05) is 5.16 Å². The number of carbonyl (C=O) groups excluding carboxylic acids is 1. The predicted molar refractivity (Wildman–Crippen MR) is 98.3 cm³/mol. The van der Waals surface area contributed by atoms with E-state index in [4.69, 9.17) is 4.52 Å². The van der Waals surface area contributed by atoms with Crippen LogP contribution in [0.1, 0.15) is 30.5 Å². The Labute approximate surface area is 158 Å². The minimum Gasteiger partial charge on any atom is -0.341 e. The lowest BCUT2D eigenvalue weighted by Gasteiger charge is -2.36. The summed E-state index contributed by atoms with van der Waals surface area (Å²) in [7, 11) is 0. The molecule has 0 bridgehead atoms. The van der Waals surface area contributed by atoms with Gasteiger partial charge < -0.3 is 14.3 Å². The summed E-state index contributed by atoms with van der Waals surface area (Å²) in [6.07, 6.45) is 5.49. The first-order valence-electron chi connectivity index (χ1n) is 9.51. The third-order valence-corrected chi connectivity index (χ3v) is 5.25. The van der Waals surface area contributed by atoms with Crippen LogP contribution >= 0.6 is 0 Å². The van der Waals surface area contributed by atoms with Gasteiger partial charge in [0.15, 0.2) is 5.82 Å². The smallest absolute Gasteiger partial charge is 0.236 e. The normalized spacial score (nSPS) is 21.4. The van der Waals surface area contributed by atoms with Gasteiger partial charge in [-0.3, -0.25) is 9.69 Å². The highest BCUT2D eigenvalue weighted by Gasteiger charge is 2.29. The molecular weight excluding hydrogens is 346 g/mol. The summed E-state index contributed by atoms with van der Waals surface area (Å²) >= 11 is 0. The van der Waals surface area contributed by atoms with Gasteiger partial charge in [-0.2, -0.15) is 4.98 Å². The molecular formula is C18H25N7O2. The maximum Gasteiger partial charge on any atom is 0.236 e. The number of carbonyl (C=O) groups is 1. The van der Waals surface area contributed by atoms with Gasteiger partial charge in [-0.25, -0.2) is 9.97 Å². The van der Waals surface area contributed by atoms with E-state index in [2.05, 4.69) is 29.9 Å². The summed E-state index contributed by atoms with van der Waals surface area (Å²) in [5.41, 5.74) is 0. The van der Waals surface area contributed by atoms with Crippen LogP contribution in [0.4, 0.5) is 5.95 Å². The van der Waals surface area contributed by atoms with Gasteiger partial charge in [-0.15, -0.1) is 0 Å². The van der Waals surface area contributed by atoms with Gasteiger partial charge in [0.2, 0.25) is 17.7 Å². The van der Waals surface area contributed by atoms with Crippen LogP contribution in [0.5, 0.6) is 0 Å². The molecule has 2 aliphatic heterocycles. The molecule has 2 aromatic heterocycles. The van der Waals surface area contributed by atoms with Crippen molar-refractivity contribution >= 4 is 11.9 Å². The zero-order chi connectivity index (χ0) is 18.6. The van der Waals surface area contributed by atoms with Crippen LogP contribution in [-0.4, -0.2) is 81.6 Å². The van der Waals surface area contributed by atoms with Crippen molar-refractivity contribution in [1.29, 1.82) is 0 Å². The van der Waals surface area contributed by atoms with Gasteiger partial charge in [0.25, 0.3) is 0 Å². The van der Waals surface area contributed by atoms with E-state index >= 15 is 0 Å². The first-order chi connectivity index (χ1) is 13.2. The molecule has 2 fully saturated rings. The fourth-order valence-electron chi connectivity index (χ4n) is 3.75. The molecule has 0 aromatic carbocycles. The SMILES string of the molecule is Cc1nc([C@H]2CCCN(C(=O)CN3CCN(c4ncccn4)CC3)C2)no1. The van der Waals surface area contributed by atoms with Crippen LogP contribution in [-0.2, 0) is 4.79 Å². The third kappa shape index (κ3) is 4.24. The van der Waals surface area contributed by atoms with Crippen LogP contribution in [0.25, 0.3) is 0 Å². The Morgan fingerprint density at radius 2 is 1.96 bits per heavy atom. The maximum absolute atomic E-state index is 12.8. The molecule has 0 radical (unpaired) electrons. The van der Waals surface area contributed by atoms with E-state index in [1.165, 1.54) is 0 Å². The largest absolute Gasteiger partial charge is 0.341 e. The molecule has 0 unspecified atom stereocenters. The van der Waals surface area contributed by atoms with Crippen molar-refractivity contribution < 1.29 is 9.32 Å². The van der Waals surface area contributed by atoms with Crippen LogP contribution in [0.15, 0.2) is 23.0 Å². The standard InChI is InChI=1S/C18H25N7O2/c1-14-21-17(22-27-14)15-4-2-7-25(12-15)16(26)13-23-8-10-24(11-9-23)18-19-5-3-6-20-18/h3,5-6,15H,2,4,7-13H2,1H3/t15-/m0/s1. The number of aromatic nitrogens is 4. The van der Waals surface area contributed by atoms with Crippen molar-refractivity contribution in [2.75, 3.05) is 50.7 Å². The predicted octanol–water partition coefficient (Wildman–Crippen LogP) is 0.696. The highest BCUT2D eigenvalue weighted by molar-refractivity contribution is 5.78. The van der Waals surface area contributed by atoms with E-state index < -0.39 is 0 Å². The number of piperidine rings is 1. The van der Waals surface area contributed by atoms with Gasteiger partial charge >= 0.3 is 0 Å². The van der Waals surface area contributed by atoms with Crippen molar-refractivity contribution in [3.8, 4) is 0 Å². The van der Waals surface area contributed by atoms with Gasteiger partial charge in [0, 0.05) is 64.5 Å². The lowest BCUT2D eigenvalue weighted by atomic mass is 9.97. The van der Waals surface area contributed by atoms with E-state index in [0.29, 0.717) is 19.0 Å². The monoisotopic (exact) mass is 371 g/mol. The second-order valence-corrected chi connectivity index (χ2v) is 7.16. The molecule has 1 atom stereocenters. The Kier molecular flexibility index (Phi) is 5.28. The molecule has 9 heteroatoms. The van der Waals surface area contributed by atoms with Crippen LogP contribution in [0, 0.1) is 6.92 Å². The zero-order valence-corrected chi connectivity index (χ0v) is 15.6. The summed E-state index contributed by atoms with van der Waals surface area (Å²) in [5, 5.41) is 4.03. The number of amides is 1. The molecule has 0 spiro atoms. The minimum atomic E-state index is 0.173. The van der Waals surface area contributed by atoms with E-state index in [1.807, 2.05) is 11.0 Å². The molecule has 2 aromatic rings. The lowest BCUT2D eigenvalue weighted by molar-refractivity contribution is -0.133. The molecule has 1 amide bonds. The molecule has 0 aliphatic carbocycles. The Morgan fingerprint density at radius 1 is 1.19 bits per heavy atom. The third-order valence-electron chi connectivity index (χ3n) is 5.25. The van der Waals surface area contributed by atoms with E-state index in [9.17, 15) is 4.79 Å². The van der Waals surface area contributed by atoms with Crippen LogP contribution in [0.3, 0.4) is 0 Å². The number of rotatable bonds is 4. The quantitative estimate of drug-likeness (QED) is 0.775. The van der Waals surface area contributed by atoms with Gasteiger partial charge in [-0.05, 0) is 18.9 Å². The average molecular weight is 371 g/mol. The van der Waals surface area contributed by atoms with Gasteiger partial charge in [0.1, 0.15) is 0 Å². The second-order valence-electron chi connectivity index (χ2n) is 7.16. The number of piperazine rings is 1. The van der Waals surface area contributed by atoms with Crippen molar-refractivity contribution in [1.82, 2.24) is 29.9 Å². The Hall–Kier alpha value is -2.55. The molecule has 0 saturated carbocycles. The molecule has 2 aliphatic rings. The highest BCUT2D eigenvalue weighted by atomic mass is 16.5. The Morgan fingerprint density at radius 3 is 2.67 bits per heavy atom. The van der Waals surface area contributed by atoms with Crippen molar-refractivity contribution in [2.24, 2.45) is 0 Å². The number of hydrogen-bond acceptors (Lipinski definition) is 8. The topological polar surface area (TPSA) is 91.5 Å². The number of likely N-dealkylation sites (tertiary alicyclic amines) is 1. The average Bonchev–Trinajstić information content (AvgIpc) is 3.16. The summed E-state index contributed by atoms with van der Waals surface area (Å²) in [6, 6.07) is 1.82. The zero-order valence-electron chi connectivity index (χ0n) is 15.6. The fraction of sp³-hybridized carbons (Fsp3) is 0.611. The summed E-state index contributed by atoms with van der Waals surface area (Å²) in [4.78, 5) is 32.0. The molecule has 9 nitrogen and oxygen atoms in total. The van der Waals surface area contributed by atoms with Crippen molar-refractivity contribution in [3.05, 3.63) is 30.2 Å². The number of hydrogen-bond donors (Lipinski definition) is 0. The van der Waals surface area contributed by atoms with Gasteiger partial charge in [0.05, 0.1) is 6.54 Å². The second kappa shape index (κ2) is 7.99. The van der Waals surface area contributed by atoms with Crippen LogP contribution in [0.2, 0.25) is 0 Å². The minimum absolute atomic E-state index is 0.173.